The van der Waals surface area contributed by atoms with Crippen LogP contribution in [0.5, 0.6) is 0 Å². The van der Waals surface area contributed by atoms with Gasteiger partial charge in [-0.15, -0.1) is 0 Å². The van der Waals surface area contributed by atoms with Crippen molar-refractivity contribution in [3.8, 4) is 0 Å². The van der Waals surface area contributed by atoms with Gasteiger partial charge in [0.25, 0.3) is 0 Å². The number of hydrogen-bond acceptors (Lipinski definition) is 5. The third-order valence-electron chi connectivity index (χ3n) is 4.36. The number of ether oxygens (including phenoxy) is 2. The number of fused-ring (bicyclic) bond motifs is 1. The second-order valence-corrected chi connectivity index (χ2v) is 7.29. The largest absolute Gasteiger partial charge is 0.469 e. The molecular formula is C19H24N2O4. The van der Waals surface area contributed by atoms with Gasteiger partial charge in [0.1, 0.15) is 5.60 Å². The van der Waals surface area contributed by atoms with Crippen molar-refractivity contribution in [2.24, 2.45) is 5.92 Å². The molecule has 0 amide bonds. The normalized spacial score (nSPS) is 20.6. The van der Waals surface area contributed by atoms with Crippen LogP contribution in [0.1, 0.15) is 38.9 Å². The van der Waals surface area contributed by atoms with Crippen LogP contribution >= 0.6 is 0 Å². The van der Waals surface area contributed by atoms with Crippen molar-refractivity contribution in [3.05, 3.63) is 36.0 Å². The highest BCUT2D eigenvalue weighted by Gasteiger charge is 2.38. The van der Waals surface area contributed by atoms with E-state index in [-0.39, 0.29) is 17.9 Å². The predicted octanol–water partition coefficient (Wildman–Crippen LogP) is 3.25. The Morgan fingerprint density at radius 1 is 1.24 bits per heavy atom. The van der Waals surface area contributed by atoms with Crippen LogP contribution in [0.15, 0.2) is 30.3 Å². The van der Waals surface area contributed by atoms with E-state index in [0.29, 0.717) is 13.0 Å². The molecule has 134 valence electrons. The molecule has 1 aromatic heterocycles. The van der Waals surface area contributed by atoms with Crippen LogP contribution in [0.25, 0.3) is 10.9 Å². The third-order valence-corrected chi connectivity index (χ3v) is 4.36. The van der Waals surface area contributed by atoms with Crippen LogP contribution in [0.2, 0.25) is 0 Å². The molecular weight excluding hydrogens is 320 g/mol. The zero-order valence-corrected chi connectivity index (χ0v) is 15.0. The van der Waals surface area contributed by atoms with Gasteiger partial charge < -0.3 is 14.8 Å². The Balaban J connectivity index is 2.10. The van der Waals surface area contributed by atoms with Crippen LogP contribution in [0.4, 0.5) is 4.79 Å². The summed E-state index contributed by atoms with van der Waals surface area (Å²) in [6, 6.07) is 9.29. The fourth-order valence-electron chi connectivity index (χ4n) is 3.34. The number of rotatable bonds is 2. The van der Waals surface area contributed by atoms with E-state index in [2.05, 4.69) is 5.32 Å². The van der Waals surface area contributed by atoms with Crippen LogP contribution in [0, 0.1) is 5.92 Å². The highest BCUT2D eigenvalue weighted by Crippen LogP contribution is 2.34. The SMILES string of the molecule is COC(=O)[C@H]1CCN[C@H]1c1cc2ccccc2n1C(=O)OC(C)(C)C. The molecule has 1 aliphatic heterocycles. The summed E-state index contributed by atoms with van der Waals surface area (Å²) in [5.41, 5.74) is 0.886. The van der Waals surface area contributed by atoms with E-state index in [1.807, 2.05) is 51.1 Å². The number of nitrogens with zero attached hydrogens (tertiary/aromatic N) is 1. The molecule has 1 saturated heterocycles. The summed E-state index contributed by atoms with van der Waals surface area (Å²) < 4.78 is 12.1. The van der Waals surface area contributed by atoms with E-state index >= 15 is 0 Å². The summed E-state index contributed by atoms with van der Waals surface area (Å²) in [4.78, 5) is 25.0. The summed E-state index contributed by atoms with van der Waals surface area (Å²) in [7, 11) is 1.39. The summed E-state index contributed by atoms with van der Waals surface area (Å²) in [5.74, 6) is -0.591. The molecule has 1 aliphatic rings. The molecule has 0 saturated carbocycles. The quantitative estimate of drug-likeness (QED) is 0.847. The van der Waals surface area contributed by atoms with Crippen molar-refractivity contribution in [1.29, 1.82) is 0 Å². The van der Waals surface area contributed by atoms with Gasteiger partial charge in [0.15, 0.2) is 0 Å². The summed E-state index contributed by atoms with van der Waals surface area (Å²) in [6.07, 6.45) is 0.230. The number of aromatic nitrogens is 1. The first-order valence-electron chi connectivity index (χ1n) is 8.47. The van der Waals surface area contributed by atoms with Gasteiger partial charge in [0.05, 0.1) is 24.6 Å². The van der Waals surface area contributed by atoms with Gasteiger partial charge in [0, 0.05) is 11.1 Å². The average molecular weight is 344 g/mol. The number of hydrogen-bond donors (Lipinski definition) is 1. The summed E-state index contributed by atoms with van der Waals surface area (Å²) in [5, 5.41) is 4.26. The zero-order chi connectivity index (χ0) is 18.2. The van der Waals surface area contributed by atoms with E-state index in [1.54, 1.807) is 4.57 Å². The first-order chi connectivity index (χ1) is 11.8. The highest BCUT2D eigenvalue weighted by atomic mass is 16.6. The molecule has 1 fully saturated rings. The lowest BCUT2D eigenvalue weighted by molar-refractivity contribution is -0.145. The van der Waals surface area contributed by atoms with Gasteiger partial charge in [-0.1, -0.05) is 18.2 Å². The fourth-order valence-corrected chi connectivity index (χ4v) is 3.34. The maximum absolute atomic E-state index is 12.9. The van der Waals surface area contributed by atoms with E-state index in [4.69, 9.17) is 9.47 Å². The minimum atomic E-state index is -0.607. The number of carbonyl (C=O) groups is 2. The fraction of sp³-hybridized carbons (Fsp3) is 0.474. The molecule has 2 atom stereocenters. The van der Waals surface area contributed by atoms with Crippen molar-refractivity contribution in [3.63, 3.8) is 0 Å². The molecule has 6 nitrogen and oxygen atoms in total. The molecule has 0 bridgehead atoms. The van der Waals surface area contributed by atoms with Crippen LogP contribution in [-0.4, -0.2) is 35.9 Å². The number of carbonyl (C=O) groups excluding carboxylic acids is 2. The molecule has 0 radical (unpaired) electrons. The molecule has 3 rings (SSSR count). The molecule has 1 aromatic carbocycles. The van der Waals surface area contributed by atoms with Crippen molar-refractivity contribution >= 4 is 23.0 Å². The first-order valence-corrected chi connectivity index (χ1v) is 8.47. The molecule has 2 aromatic rings. The Bertz CT molecular complexity index is 803. The van der Waals surface area contributed by atoms with Crippen LogP contribution in [0.3, 0.4) is 0 Å². The number of benzene rings is 1. The maximum Gasteiger partial charge on any atom is 0.419 e. The second-order valence-electron chi connectivity index (χ2n) is 7.29. The molecule has 6 heteroatoms. The van der Waals surface area contributed by atoms with Gasteiger partial charge in [-0.25, -0.2) is 9.36 Å². The lowest BCUT2D eigenvalue weighted by Crippen LogP contribution is -2.32. The minimum absolute atomic E-state index is 0.268. The molecule has 0 aliphatic carbocycles. The average Bonchev–Trinajstić information content (AvgIpc) is 3.16. The van der Waals surface area contributed by atoms with Crippen molar-refractivity contribution in [2.45, 2.75) is 38.8 Å². The minimum Gasteiger partial charge on any atom is -0.469 e. The van der Waals surface area contributed by atoms with Crippen LogP contribution < -0.4 is 5.32 Å². The van der Waals surface area contributed by atoms with Gasteiger partial charge in [-0.2, -0.15) is 0 Å². The Labute approximate surface area is 147 Å². The Morgan fingerprint density at radius 3 is 2.64 bits per heavy atom. The van der Waals surface area contributed by atoms with Gasteiger partial charge in [0.2, 0.25) is 0 Å². The summed E-state index contributed by atoms with van der Waals surface area (Å²) >= 11 is 0. The van der Waals surface area contributed by atoms with Crippen molar-refractivity contribution in [2.75, 3.05) is 13.7 Å². The number of esters is 1. The van der Waals surface area contributed by atoms with Crippen LogP contribution in [-0.2, 0) is 14.3 Å². The van der Waals surface area contributed by atoms with Crippen molar-refractivity contribution < 1.29 is 19.1 Å². The van der Waals surface area contributed by atoms with Crippen molar-refractivity contribution in [1.82, 2.24) is 9.88 Å². The molecule has 0 unspecified atom stereocenters. The Hall–Kier alpha value is -2.34. The zero-order valence-electron chi connectivity index (χ0n) is 15.0. The molecule has 1 N–H and O–H groups in total. The number of para-hydroxylation sites is 1. The standard InChI is InChI=1S/C19H24N2O4/c1-19(2,3)25-18(23)21-14-8-6-5-7-12(14)11-15(21)16-13(9-10-20-16)17(22)24-4/h5-8,11,13,16,20H,9-10H2,1-4H3/t13-,16+/m0/s1. The monoisotopic (exact) mass is 344 g/mol. The Morgan fingerprint density at radius 2 is 1.96 bits per heavy atom. The second kappa shape index (κ2) is 6.52. The van der Waals surface area contributed by atoms with Gasteiger partial charge >= 0.3 is 12.1 Å². The van der Waals surface area contributed by atoms with E-state index < -0.39 is 11.7 Å². The summed E-state index contributed by atoms with van der Waals surface area (Å²) in [6.45, 7) is 6.20. The number of methoxy groups -OCH3 is 1. The predicted molar refractivity (Wildman–Crippen MR) is 94.4 cm³/mol. The third kappa shape index (κ3) is 3.39. The Kier molecular flexibility index (Phi) is 4.56. The smallest absolute Gasteiger partial charge is 0.419 e. The van der Waals surface area contributed by atoms with Gasteiger partial charge in [-0.05, 0) is 45.9 Å². The maximum atomic E-state index is 12.9. The molecule has 25 heavy (non-hydrogen) atoms. The lowest BCUT2D eigenvalue weighted by atomic mass is 9.98. The highest BCUT2D eigenvalue weighted by molar-refractivity contribution is 5.91. The van der Waals surface area contributed by atoms with Gasteiger partial charge in [-0.3, -0.25) is 4.79 Å². The number of nitrogens with one attached hydrogen (secondary N) is 1. The van der Waals surface area contributed by atoms with E-state index in [0.717, 1.165) is 16.6 Å². The topological polar surface area (TPSA) is 69.6 Å². The van der Waals surface area contributed by atoms with E-state index in [9.17, 15) is 9.59 Å². The molecule has 2 heterocycles. The lowest BCUT2D eigenvalue weighted by Gasteiger charge is -2.23. The molecule has 0 spiro atoms. The van der Waals surface area contributed by atoms with E-state index in [1.165, 1.54) is 7.11 Å². The first kappa shape index (κ1) is 17.5.